The van der Waals surface area contributed by atoms with Crippen LogP contribution < -0.4 is 10.1 Å². The first kappa shape index (κ1) is 18.7. The highest BCUT2D eigenvalue weighted by Gasteiger charge is 2.22. The van der Waals surface area contributed by atoms with Gasteiger partial charge in [-0.05, 0) is 48.2 Å². The maximum Gasteiger partial charge on any atom is 0.257 e. The Hall–Kier alpha value is -2.04. The highest BCUT2D eigenvalue weighted by Crippen LogP contribution is 2.21. The van der Waals surface area contributed by atoms with Crippen molar-refractivity contribution in [1.82, 2.24) is 10.2 Å². The summed E-state index contributed by atoms with van der Waals surface area (Å²) in [4.78, 5) is 14.6. The molecular weight excluding hydrogens is 348 g/mol. The van der Waals surface area contributed by atoms with E-state index in [0.717, 1.165) is 25.9 Å². The molecule has 138 valence electrons. The Labute approximate surface area is 160 Å². The van der Waals surface area contributed by atoms with Crippen molar-refractivity contribution in [3.05, 3.63) is 64.7 Å². The second-order valence-electron chi connectivity index (χ2n) is 6.60. The van der Waals surface area contributed by atoms with Crippen LogP contribution in [0.5, 0.6) is 5.75 Å². The molecule has 1 aliphatic rings. The van der Waals surface area contributed by atoms with Crippen molar-refractivity contribution in [2.24, 2.45) is 0 Å². The van der Waals surface area contributed by atoms with E-state index in [9.17, 15) is 4.79 Å². The minimum Gasteiger partial charge on any atom is -0.484 e. The fourth-order valence-electron chi connectivity index (χ4n) is 3.32. The lowest BCUT2D eigenvalue weighted by atomic mass is 9.98. The van der Waals surface area contributed by atoms with Crippen LogP contribution in [0.1, 0.15) is 24.5 Å². The quantitative estimate of drug-likeness (QED) is 0.806. The molecule has 4 nitrogen and oxygen atoms in total. The number of benzene rings is 2. The molecule has 1 heterocycles. The second-order valence-corrected chi connectivity index (χ2v) is 7.03. The van der Waals surface area contributed by atoms with Crippen molar-refractivity contribution in [3.63, 3.8) is 0 Å². The van der Waals surface area contributed by atoms with Crippen molar-refractivity contribution in [1.29, 1.82) is 0 Å². The smallest absolute Gasteiger partial charge is 0.257 e. The summed E-state index contributed by atoms with van der Waals surface area (Å²) in [5, 5.41) is 3.65. The number of carbonyl (C=O) groups excluding carboxylic acids is 1. The van der Waals surface area contributed by atoms with Gasteiger partial charge in [-0.25, -0.2) is 0 Å². The van der Waals surface area contributed by atoms with Gasteiger partial charge < -0.3 is 10.1 Å². The number of hydrogen-bond donors (Lipinski definition) is 1. The number of rotatable bonds is 7. The van der Waals surface area contributed by atoms with Crippen molar-refractivity contribution < 1.29 is 9.53 Å². The molecule has 26 heavy (non-hydrogen) atoms. The number of nitrogens with zero attached hydrogens (tertiary/aromatic N) is 1. The Bertz CT molecular complexity index is 733. The van der Waals surface area contributed by atoms with E-state index >= 15 is 0 Å². The Morgan fingerprint density at radius 1 is 1.19 bits per heavy atom. The minimum atomic E-state index is -0.101. The van der Waals surface area contributed by atoms with E-state index < -0.39 is 0 Å². The normalized spacial score (nSPS) is 15.2. The van der Waals surface area contributed by atoms with Gasteiger partial charge in [0, 0.05) is 30.7 Å². The van der Waals surface area contributed by atoms with Crippen LogP contribution >= 0.6 is 11.6 Å². The van der Waals surface area contributed by atoms with E-state index in [4.69, 9.17) is 16.3 Å². The maximum absolute atomic E-state index is 12.1. The zero-order chi connectivity index (χ0) is 18.4. The third-order valence-corrected chi connectivity index (χ3v) is 5.12. The summed E-state index contributed by atoms with van der Waals surface area (Å²) < 4.78 is 5.50. The molecule has 0 aromatic heterocycles. The third kappa shape index (κ3) is 4.99. The van der Waals surface area contributed by atoms with Gasteiger partial charge in [-0.15, -0.1) is 0 Å². The lowest BCUT2D eigenvalue weighted by molar-refractivity contribution is -0.123. The van der Waals surface area contributed by atoms with Gasteiger partial charge in [0.15, 0.2) is 6.61 Å². The Kier molecular flexibility index (Phi) is 6.53. The molecule has 1 unspecified atom stereocenters. The van der Waals surface area contributed by atoms with E-state index in [1.807, 2.05) is 0 Å². The molecule has 0 fully saturated rings. The molecular formula is C21H25ClN2O2. The van der Waals surface area contributed by atoms with Crippen molar-refractivity contribution in [3.8, 4) is 5.75 Å². The highest BCUT2D eigenvalue weighted by molar-refractivity contribution is 6.30. The van der Waals surface area contributed by atoms with E-state index in [1.54, 1.807) is 24.3 Å². The van der Waals surface area contributed by atoms with Crippen LogP contribution in [0.3, 0.4) is 0 Å². The van der Waals surface area contributed by atoms with Crippen LogP contribution in [0.4, 0.5) is 0 Å². The standard InChI is InChI=1S/C21H25ClN2O2/c1-2-19(24-12-11-16-5-3-4-6-17(16)14-24)13-23-21(25)15-26-20-9-7-18(22)8-10-20/h3-10,19H,2,11-15H2,1H3,(H,23,25). The molecule has 3 rings (SSSR count). The summed E-state index contributed by atoms with van der Waals surface area (Å²) >= 11 is 5.84. The molecule has 1 atom stereocenters. The van der Waals surface area contributed by atoms with Gasteiger partial charge in [0.2, 0.25) is 0 Å². The largest absolute Gasteiger partial charge is 0.484 e. The number of carbonyl (C=O) groups is 1. The summed E-state index contributed by atoms with van der Waals surface area (Å²) in [6.07, 6.45) is 2.07. The average molecular weight is 373 g/mol. The number of nitrogens with one attached hydrogen (secondary N) is 1. The van der Waals surface area contributed by atoms with Crippen LogP contribution in [0.15, 0.2) is 48.5 Å². The van der Waals surface area contributed by atoms with Gasteiger partial charge in [0.05, 0.1) is 0 Å². The molecule has 0 radical (unpaired) electrons. The molecule has 2 aromatic carbocycles. The summed E-state index contributed by atoms with van der Waals surface area (Å²) in [6.45, 7) is 4.81. The van der Waals surface area contributed by atoms with Crippen LogP contribution in [-0.2, 0) is 17.8 Å². The molecule has 0 aliphatic carbocycles. The number of ether oxygens (including phenoxy) is 1. The van der Waals surface area contributed by atoms with Crippen LogP contribution in [0.25, 0.3) is 0 Å². The first-order valence-electron chi connectivity index (χ1n) is 9.11. The first-order valence-corrected chi connectivity index (χ1v) is 9.49. The second kappa shape index (κ2) is 9.06. The Morgan fingerprint density at radius 2 is 1.92 bits per heavy atom. The maximum atomic E-state index is 12.1. The topological polar surface area (TPSA) is 41.6 Å². The third-order valence-electron chi connectivity index (χ3n) is 4.87. The summed E-state index contributed by atoms with van der Waals surface area (Å²) in [6, 6.07) is 16.0. The molecule has 0 saturated heterocycles. The number of halogens is 1. The summed E-state index contributed by atoms with van der Waals surface area (Å²) in [5.74, 6) is 0.542. The zero-order valence-electron chi connectivity index (χ0n) is 15.1. The van der Waals surface area contributed by atoms with Gasteiger partial charge in [-0.2, -0.15) is 0 Å². The Balaban J connectivity index is 1.46. The first-order chi connectivity index (χ1) is 12.7. The van der Waals surface area contributed by atoms with E-state index in [-0.39, 0.29) is 12.5 Å². The zero-order valence-corrected chi connectivity index (χ0v) is 15.8. The van der Waals surface area contributed by atoms with E-state index in [2.05, 4.69) is 41.4 Å². The fraction of sp³-hybridized carbons (Fsp3) is 0.381. The fourth-order valence-corrected chi connectivity index (χ4v) is 3.45. The van der Waals surface area contributed by atoms with Crippen molar-refractivity contribution >= 4 is 17.5 Å². The van der Waals surface area contributed by atoms with E-state index in [0.29, 0.717) is 23.4 Å². The molecule has 1 amide bonds. The molecule has 1 aliphatic heterocycles. The number of fused-ring (bicyclic) bond motifs is 1. The lowest BCUT2D eigenvalue weighted by Gasteiger charge is -2.35. The molecule has 0 saturated carbocycles. The van der Waals surface area contributed by atoms with Crippen LogP contribution in [0, 0.1) is 0 Å². The van der Waals surface area contributed by atoms with Crippen LogP contribution in [0.2, 0.25) is 5.02 Å². The molecule has 0 spiro atoms. The van der Waals surface area contributed by atoms with Gasteiger partial charge >= 0.3 is 0 Å². The lowest BCUT2D eigenvalue weighted by Crippen LogP contribution is -2.46. The minimum absolute atomic E-state index is 0.0148. The monoisotopic (exact) mass is 372 g/mol. The SMILES string of the molecule is CCC(CNC(=O)COc1ccc(Cl)cc1)N1CCc2ccccc2C1. The molecule has 0 bridgehead atoms. The predicted octanol–water partition coefficient (Wildman–Crippen LogP) is 3.67. The number of amides is 1. The highest BCUT2D eigenvalue weighted by atomic mass is 35.5. The molecule has 2 aromatic rings. The van der Waals surface area contributed by atoms with Gasteiger partial charge in [-0.1, -0.05) is 42.8 Å². The van der Waals surface area contributed by atoms with Gasteiger partial charge in [0.25, 0.3) is 5.91 Å². The molecule has 5 heteroatoms. The average Bonchev–Trinajstić information content (AvgIpc) is 2.68. The number of hydrogen-bond acceptors (Lipinski definition) is 3. The Morgan fingerprint density at radius 3 is 2.65 bits per heavy atom. The summed E-state index contributed by atoms with van der Waals surface area (Å²) in [7, 11) is 0. The van der Waals surface area contributed by atoms with Crippen molar-refractivity contribution in [2.45, 2.75) is 32.4 Å². The van der Waals surface area contributed by atoms with Gasteiger partial charge in [0.1, 0.15) is 5.75 Å². The molecule has 1 N–H and O–H groups in total. The summed E-state index contributed by atoms with van der Waals surface area (Å²) in [5.41, 5.74) is 2.84. The predicted molar refractivity (Wildman–Crippen MR) is 105 cm³/mol. The van der Waals surface area contributed by atoms with Gasteiger partial charge in [-0.3, -0.25) is 9.69 Å². The van der Waals surface area contributed by atoms with E-state index in [1.165, 1.54) is 11.1 Å². The van der Waals surface area contributed by atoms with Crippen LogP contribution in [-0.4, -0.2) is 36.5 Å². The van der Waals surface area contributed by atoms with Crippen molar-refractivity contribution in [2.75, 3.05) is 19.7 Å².